The number of aromatic nitrogens is 1. The maximum Gasteiger partial charge on any atom is 0.243 e. The predicted molar refractivity (Wildman–Crippen MR) is 104 cm³/mol. The molecule has 1 fully saturated rings. The van der Waals surface area contributed by atoms with Gasteiger partial charge in [0, 0.05) is 32.3 Å². The topological polar surface area (TPSA) is 108 Å². The number of nitriles is 1. The molecule has 1 N–H and O–H groups in total. The van der Waals surface area contributed by atoms with E-state index < -0.39 is 10.0 Å². The number of sulfonamides is 1. The van der Waals surface area contributed by atoms with Gasteiger partial charge in [0.1, 0.15) is 6.07 Å². The first-order chi connectivity index (χ1) is 13.5. The number of oxazole rings is 1. The largest absolute Gasteiger partial charge is 0.419 e. The Morgan fingerprint density at radius 3 is 2.79 bits per heavy atom. The van der Waals surface area contributed by atoms with Gasteiger partial charge in [-0.3, -0.25) is 0 Å². The second-order valence-electron chi connectivity index (χ2n) is 6.86. The lowest BCUT2D eigenvalue weighted by atomic mass is 10.0. The standard InChI is InChI=1S/C19H24N4O4S/c1-14-4-3-10-23(13-14)28(24,25)16-7-5-15(6-8-16)18-22-17(12-20)19(27-18)21-9-11-26-2/h5-8,14,21H,3-4,9-11,13H2,1-2H3/t14-/m0/s1. The van der Waals surface area contributed by atoms with Crippen molar-refractivity contribution in [3.63, 3.8) is 0 Å². The predicted octanol–water partition coefficient (Wildman–Crippen LogP) is 2.69. The van der Waals surface area contributed by atoms with Crippen LogP contribution in [0.5, 0.6) is 0 Å². The van der Waals surface area contributed by atoms with Crippen LogP contribution in [0.25, 0.3) is 11.5 Å². The van der Waals surface area contributed by atoms with Gasteiger partial charge in [-0.05, 0) is 43.0 Å². The highest BCUT2D eigenvalue weighted by Gasteiger charge is 2.28. The first-order valence-electron chi connectivity index (χ1n) is 9.20. The zero-order valence-corrected chi connectivity index (χ0v) is 16.8. The van der Waals surface area contributed by atoms with Crippen molar-refractivity contribution in [3.05, 3.63) is 30.0 Å². The fourth-order valence-electron chi connectivity index (χ4n) is 3.19. The Morgan fingerprint density at radius 2 is 2.14 bits per heavy atom. The lowest BCUT2D eigenvalue weighted by molar-refractivity contribution is 0.210. The van der Waals surface area contributed by atoms with E-state index in [0.29, 0.717) is 37.7 Å². The van der Waals surface area contributed by atoms with E-state index in [1.165, 1.54) is 0 Å². The number of hydrogen-bond acceptors (Lipinski definition) is 7. The molecular weight excluding hydrogens is 380 g/mol. The van der Waals surface area contributed by atoms with E-state index >= 15 is 0 Å². The van der Waals surface area contributed by atoms with Gasteiger partial charge in [0.2, 0.25) is 27.5 Å². The highest BCUT2D eigenvalue weighted by Crippen LogP contribution is 2.28. The third kappa shape index (κ3) is 4.35. The van der Waals surface area contributed by atoms with Gasteiger partial charge >= 0.3 is 0 Å². The molecule has 3 rings (SSSR count). The van der Waals surface area contributed by atoms with E-state index in [-0.39, 0.29) is 22.4 Å². The van der Waals surface area contributed by atoms with Gasteiger partial charge in [-0.25, -0.2) is 8.42 Å². The van der Waals surface area contributed by atoms with Crippen LogP contribution in [0.4, 0.5) is 5.88 Å². The quantitative estimate of drug-likeness (QED) is 0.707. The minimum atomic E-state index is -3.51. The molecule has 0 unspecified atom stereocenters. The second kappa shape index (κ2) is 8.73. The van der Waals surface area contributed by atoms with Crippen molar-refractivity contribution < 1.29 is 17.6 Å². The monoisotopic (exact) mass is 404 g/mol. The lowest BCUT2D eigenvalue weighted by Crippen LogP contribution is -2.39. The number of anilines is 1. The molecule has 150 valence electrons. The average Bonchev–Trinajstić information content (AvgIpc) is 3.11. The summed E-state index contributed by atoms with van der Waals surface area (Å²) in [7, 11) is -1.93. The van der Waals surface area contributed by atoms with Crippen molar-refractivity contribution in [1.29, 1.82) is 5.26 Å². The summed E-state index contributed by atoms with van der Waals surface area (Å²) in [6.45, 7) is 4.11. The molecule has 0 spiro atoms. The van der Waals surface area contributed by atoms with E-state index in [2.05, 4.69) is 17.2 Å². The maximum atomic E-state index is 12.9. The van der Waals surface area contributed by atoms with Gasteiger partial charge in [-0.1, -0.05) is 6.92 Å². The van der Waals surface area contributed by atoms with E-state index in [1.807, 2.05) is 6.07 Å². The molecule has 1 atom stereocenters. The summed E-state index contributed by atoms with van der Waals surface area (Å²) >= 11 is 0. The molecule has 2 heterocycles. The number of rotatable bonds is 7. The van der Waals surface area contributed by atoms with E-state index in [9.17, 15) is 13.7 Å². The van der Waals surface area contributed by atoms with E-state index in [0.717, 1.165) is 12.8 Å². The molecule has 0 bridgehead atoms. The number of methoxy groups -OCH3 is 1. The van der Waals surface area contributed by atoms with Gasteiger partial charge in [-0.15, -0.1) is 0 Å². The smallest absolute Gasteiger partial charge is 0.243 e. The summed E-state index contributed by atoms with van der Waals surface area (Å²) < 4.78 is 37.9. The molecule has 1 aromatic carbocycles. The Kier molecular flexibility index (Phi) is 6.34. The highest BCUT2D eigenvalue weighted by atomic mass is 32.2. The third-order valence-corrected chi connectivity index (χ3v) is 6.56. The molecule has 0 aliphatic carbocycles. The second-order valence-corrected chi connectivity index (χ2v) is 8.80. The van der Waals surface area contributed by atoms with Crippen LogP contribution < -0.4 is 5.32 Å². The minimum Gasteiger partial charge on any atom is -0.419 e. The first kappa shape index (κ1) is 20.3. The zero-order chi connectivity index (χ0) is 20.1. The number of piperidine rings is 1. The molecule has 8 nitrogen and oxygen atoms in total. The Bertz CT molecular complexity index is 947. The summed E-state index contributed by atoms with van der Waals surface area (Å²) in [5, 5.41) is 12.2. The van der Waals surface area contributed by atoms with Crippen LogP contribution >= 0.6 is 0 Å². The Morgan fingerprint density at radius 1 is 1.39 bits per heavy atom. The van der Waals surface area contributed by atoms with Crippen molar-refractivity contribution in [2.75, 3.05) is 38.7 Å². The fraction of sp³-hybridized carbons (Fsp3) is 0.474. The molecule has 0 amide bonds. The minimum absolute atomic E-state index is 0.144. The summed E-state index contributed by atoms with van der Waals surface area (Å²) in [5.41, 5.74) is 0.743. The Hall–Kier alpha value is -2.41. The van der Waals surface area contributed by atoms with Crippen molar-refractivity contribution in [3.8, 4) is 17.5 Å². The summed E-state index contributed by atoms with van der Waals surface area (Å²) in [4.78, 5) is 4.42. The van der Waals surface area contributed by atoms with Gasteiger partial charge in [-0.2, -0.15) is 14.6 Å². The zero-order valence-electron chi connectivity index (χ0n) is 16.0. The van der Waals surface area contributed by atoms with Crippen LogP contribution in [0.1, 0.15) is 25.5 Å². The van der Waals surface area contributed by atoms with Gasteiger partial charge < -0.3 is 14.5 Å². The molecule has 1 aliphatic heterocycles. The summed E-state index contributed by atoms with van der Waals surface area (Å²) in [6.07, 6.45) is 1.93. The van der Waals surface area contributed by atoms with Gasteiger partial charge in [0.05, 0.1) is 11.5 Å². The van der Waals surface area contributed by atoms with Crippen LogP contribution in [0.15, 0.2) is 33.6 Å². The van der Waals surface area contributed by atoms with Crippen molar-refractivity contribution in [1.82, 2.24) is 9.29 Å². The SMILES string of the molecule is COCCNc1oc(-c2ccc(S(=O)(=O)N3CCC[C@H](C)C3)cc2)nc1C#N. The summed E-state index contributed by atoms with van der Waals surface area (Å²) in [6, 6.07) is 8.38. The molecular formula is C19H24N4O4S. The van der Waals surface area contributed by atoms with Crippen LogP contribution in [0, 0.1) is 17.2 Å². The molecule has 1 saturated heterocycles. The van der Waals surface area contributed by atoms with E-state index in [1.54, 1.807) is 35.7 Å². The van der Waals surface area contributed by atoms with Gasteiger partial charge in [0.25, 0.3) is 0 Å². The molecule has 1 aliphatic rings. The van der Waals surface area contributed by atoms with Crippen molar-refractivity contribution in [2.24, 2.45) is 5.92 Å². The number of ether oxygens (including phenoxy) is 1. The number of hydrogen-bond donors (Lipinski definition) is 1. The first-order valence-corrected chi connectivity index (χ1v) is 10.6. The Balaban J connectivity index is 1.80. The molecule has 28 heavy (non-hydrogen) atoms. The van der Waals surface area contributed by atoms with Crippen LogP contribution in [0.2, 0.25) is 0 Å². The average molecular weight is 404 g/mol. The van der Waals surface area contributed by atoms with E-state index in [4.69, 9.17) is 9.15 Å². The molecule has 0 saturated carbocycles. The maximum absolute atomic E-state index is 12.9. The summed E-state index contributed by atoms with van der Waals surface area (Å²) in [5.74, 6) is 0.893. The molecule has 1 aromatic heterocycles. The molecule has 9 heteroatoms. The highest BCUT2D eigenvalue weighted by molar-refractivity contribution is 7.89. The van der Waals surface area contributed by atoms with Crippen LogP contribution in [0.3, 0.4) is 0 Å². The molecule has 2 aromatic rings. The van der Waals surface area contributed by atoms with Crippen LogP contribution in [-0.4, -0.2) is 51.1 Å². The molecule has 0 radical (unpaired) electrons. The van der Waals surface area contributed by atoms with Crippen LogP contribution in [-0.2, 0) is 14.8 Å². The third-order valence-electron chi connectivity index (χ3n) is 4.68. The fourth-order valence-corrected chi connectivity index (χ4v) is 4.79. The number of nitrogens with one attached hydrogen (secondary N) is 1. The van der Waals surface area contributed by atoms with Crippen molar-refractivity contribution >= 4 is 15.9 Å². The van der Waals surface area contributed by atoms with Gasteiger partial charge in [0.15, 0.2) is 0 Å². The number of benzene rings is 1. The lowest BCUT2D eigenvalue weighted by Gasteiger charge is -2.30. The normalized spacial score (nSPS) is 18.0. The Labute approximate surface area is 165 Å². The number of nitrogens with zero attached hydrogens (tertiary/aromatic N) is 3. The van der Waals surface area contributed by atoms with Crippen molar-refractivity contribution in [2.45, 2.75) is 24.7 Å².